The van der Waals surface area contributed by atoms with Gasteiger partial charge in [-0.05, 0) is 50.1 Å². The predicted octanol–water partition coefficient (Wildman–Crippen LogP) is 5.15. The summed E-state index contributed by atoms with van der Waals surface area (Å²) < 4.78 is 5.79. The third-order valence-electron chi connectivity index (χ3n) is 4.11. The number of rotatable bonds is 2. The first-order valence-electron chi connectivity index (χ1n) is 9.03. The number of allylic oxidation sites excluding steroid dienone is 2. The molecule has 4 aromatic rings. The summed E-state index contributed by atoms with van der Waals surface area (Å²) in [5, 5.41) is 9.50. The minimum absolute atomic E-state index is 0. The summed E-state index contributed by atoms with van der Waals surface area (Å²) in [6.45, 7) is 4.86. The van der Waals surface area contributed by atoms with Crippen LogP contribution in [0.4, 0.5) is 0 Å². The van der Waals surface area contributed by atoms with Gasteiger partial charge in [-0.15, -0.1) is 23.8 Å². The molecule has 0 amide bonds. The second kappa shape index (κ2) is 10.1. The number of hydrogen-bond donors (Lipinski definition) is 1. The Morgan fingerprint density at radius 1 is 1.10 bits per heavy atom. The Balaban J connectivity index is 0.000000350. The van der Waals surface area contributed by atoms with Gasteiger partial charge >= 0.3 is 0 Å². The van der Waals surface area contributed by atoms with Crippen molar-refractivity contribution in [2.24, 2.45) is 0 Å². The quantitative estimate of drug-likeness (QED) is 0.153. The topological polar surface area (TPSA) is 80.4 Å². The number of para-hydroxylation sites is 1. The van der Waals surface area contributed by atoms with E-state index in [0.29, 0.717) is 21.9 Å². The molecule has 156 valence electrons. The Kier molecular flexibility index (Phi) is 7.85. The number of ketones is 1. The molecule has 0 aliphatic rings. The van der Waals surface area contributed by atoms with Gasteiger partial charge in [-0.3, -0.25) is 9.59 Å². The fourth-order valence-corrected chi connectivity index (χ4v) is 2.87. The number of hydrogen-bond acceptors (Lipinski definition) is 5. The Hall–Kier alpha value is -3.04. The third-order valence-corrected chi connectivity index (χ3v) is 4.11. The first-order chi connectivity index (χ1) is 13.8. The van der Waals surface area contributed by atoms with E-state index in [0.717, 1.165) is 16.8 Å². The number of fused-ring (bicyclic) bond motifs is 2. The predicted molar refractivity (Wildman–Crippen MR) is 114 cm³/mol. The number of aryl methyl sites for hydroxylation is 1. The number of aliphatic hydroxyl groups excluding tert-OH is 1. The summed E-state index contributed by atoms with van der Waals surface area (Å²) in [5.41, 5.74) is 3.81. The van der Waals surface area contributed by atoms with Crippen LogP contribution in [0.5, 0.6) is 0 Å². The van der Waals surface area contributed by atoms with Crippen LogP contribution >= 0.6 is 0 Å². The van der Waals surface area contributed by atoms with E-state index in [2.05, 4.69) is 11.1 Å². The number of aromatic nitrogens is 1. The molecule has 1 N–H and O–H groups in total. The first-order valence-corrected chi connectivity index (χ1v) is 9.03. The normalized spacial score (nSPS) is 10.8. The minimum Gasteiger partial charge on any atom is -0.512 e. The number of carbonyl (C=O) groups is 1. The van der Waals surface area contributed by atoms with Gasteiger partial charge < -0.3 is 14.5 Å². The molecule has 0 fully saturated rings. The van der Waals surface area contributed by atoms with E-state index in [1.54, 1.807) is 30.5 Å². The van der Waals surface area contributed by atoms with Crippen molar-refractivity contribution in [2.45, 2.75) is 20.8 Å². The van der Waals surface area contributed by atoms with Gasteiger partial charge in [0.2, 0.25) is 0 Å². The molecular weight excluding hydrogens is 561 g/mol. The molecule has 2 aromatic carbocycles. The van der Waals surface area contributed by atoms with Crippen molar-refractivity contribution in [2.75, 3.05) is 0 Å². The van der Waals surface area contributed by atoms with E-state index < -0.39 is 0 Å². The van der Waals surface area contributed by atoms with Crippen molar-refractivity contribution in [3.63, 3.8) is 0 Å². The number of pyridine rings is 1. The SMILES string of the molecule is CC(=O)C=C(C)O.Cc1ccnc(-c2[c-]cc3oc4ccccc4c(=O)c3c2)c1.[Pt]. The van der Waals surface area contributed by atoms with E-state index in [4.69, 9.17) is 9.52 Å². The molecule has 0 saturated carbocycles. The Morgan fingerprint density at radius 3 is 2.47 bits per heavy atom. The maximum Gasteiger partial charge on any atom is 0.182 e. The van der Waals surface area contributed by atoms with E-state index in [1.807, 2.05) is 31.2 Å². The fourth-order valence-electron chi connectivity index (χ4n) is 2.87. The minimum atomic E-state index is -0.125. The molecule has 2 heterocycles. The van der Waals surface area contributed by atoms with Gasteiger partial charge in [0.25, 0.3) is 0 Å². The average molecular weight is 582 g/mol. The Morgan fingerprint density at radius 2 is 1.83 bits per heavy atom. The van der Waals surface area contributed by atoms with Gasteiger partial charge in [0, 0.05) is 33.3 Å². The van der Waals surface area contributed by atoms with Crippen molar-refractivity contribution in [3.05, 3.63) is 88.4 Å². The van der Waals surface area contributed by atoms with Crippen molar-refractivity contribution in [3.8, 4) is 11.3 Å². The number of benzene rings is 2. The van der Waals surface area contributed by atoms with Crippen LogP contribution in [-0.4, -0.2) is 15.9 Å². The van der Waals surface area contributed by atoms with Gasteiger partial charge in [-0.1, -0.05) is 23.8 Å². The van der Waals surface area contributed by atoms with Crippen LogP contribution in [-0.2, 0) is 25.9 Å². The number of carbonyl (C=O) groups excluding carboxylic acids is 1. The summed E-state index contributed by atoms with van der Waals surface area (Å²) in [6.07, 6.45) is 2.92. The van der Waals surface area contributed by atoms with Gasteiger partial charge in [0.05, 0.1) is 16.7 Å². The van der Waals surface area contributed by atoms with Crippen LogP contribution in [0.1, 0.15) is 19.4 Å². The number of nitrogens with zero attached hydrogens (tertiary/aromatic N) is 1. The average Bonchev–Trinajstić information content (AvgIpc) is 2.67. The van der Waals surface area contributed by atoms with Crippen molar-refractivity contribution in [1.82, 2.24) is 4.98 Å². The second-order valence-electron chi connectivity index (χ2n) is 6.67. The molecule has 0 aliphatic heterocycles. The van der Waals surface area contributed by atoms with Crippen LogP contribution < -0.4 is 5.43 Å². The van der Waals surface area contributed by atoms with Gasteiger partial charge in [-0.25, -0.2) is 0 Å². The van der Waals surface area contributed by atoms with Crippen molar-refractivity contribution in [1.29, 1.82) is 0 Å². The van der Waals surface area contributed by atoms with E-state index in [9.17, 15) is 9.59 Å². The smallest absolute Gasteiger partial charge is 0.182 e. The molecule has 0 aliphatic carbocycles. The van der Waals surface area contributed by atoms with Crippen LogP contribution in [0.2, 0.25) is 0 Å². The summed E-state index contributed by atoms with van der Waals surface area (Å²) in [7, 11) is 0. The van der Waals surface area contributed by atoms with Gasteiger partial charge in [0.15, 0.2) is 11.2 Å². The largest absolute Gasteiger partial charge is 0.512 e. The Labute approximate surface area is 188 Å². The zero-order chi connectivity index (χ0) is 21.0. The molecule has 5 nitrogen and oxygen atoms in total. The Bertz CT molecular complexity index is 1290. The molecule has 0 atom stereocenters. The monoisotopic (exact) mass is 581 g/mol. The summed E-state index contributed by atoms with van der Waals surface area (Å²) in [4.78, 5) is 27.0. The van der Waals surface area contributed by atoms with E-state index in [1.165, 1.54) is 19.9 Å². The molecule has 4 rings (SSSR count). The maximum atomic E-state index is 12.6. The van der Waals surface area contributed by atoms with Gasteiger partial charge in [-0.2, -0.15) is 0 Å². The van der Waals surface area contributed by atoms with Gasteiger partial charge in [0.1, 0.15) is 5.58 Å². The molecular formula is C24H20NO4Pt-. The van der Waals surface area contributed by atoms with Crippen molar-refractivity contribution >= 4 is 27.7 Å². The fraction of sp³-hybridized carbons (Fsp3) is 0.125. The van der Waals surface area contributed by atoms with E-state index >= 15 is 0 Å². The molecule has 2 aromatic heterocycles. The van der Waals surface area contributed by atoms with Crippen LogP contribution in [0.3, 0.4) is 0 Å². The van der Waals surface area contributed by atoms with Crippen LogP contribution in [0, 0.1) is 13.0 Å². The number of aliphatic hydroxyl groups is 1. The zero-order valence-electron chi connectivity index (χ0n) is 16.7. The first kappa shape index (κ1) is 23.2. The molecule has 30 heavy (non-hydrogen) atoms. The standard InChI is InChI=1S/C19H12NO2.C5H8O2.Pt/c1-12-8-9-20-16(10-12)13-6-7-18-15(11-13)19(21)14-4-2-3-5-17(14)22-18;1-4(6)3-5(2)7;/h2-5,7-11H,1H3;3,6H,1-2H3;/q-1;;. The zero-order valence-corrected chi connectivity index (χ0v) is 19.0. The molecule has 0 radical (unpaired) electrons. The molecule has 6 heteroatoms. The summed E-state index contributed by atoms with van der Waals surface area (Å²) in [5.74, 6) is -0.0625. The van der Waals surface area contributed by atoms with Crippen LogP contribution in [0.15, 0.2) is 75.8 Å². The van der Waals surface area contributed by atoms with Crippen molar-refractivity contribution < 1.29 is 35.4 Å². The summed E-state index contributed by atoms with van der Waals surface area (Å²) >= 11 is 0. The molecule has 0 unspecified atom stereocenters. The molecule has 0 saturated heterocycles. The maximum absolute atomic E-state index is 12.6. The third kappa shape index (κ3) is 5.52. The molecule has 0 spiro atoms. The van der Waals surface area contributed by atoms with E-state index in [-0.39, 0.29) is 38.0 Å². The second-order valence-corrected chi connectivity index (χ2v) is 6.67. The molecule has 0 bridgehead atoms. The summed E-state index contributed by atoms with van der Waals surface area (Å²) in [6, 6.07) is 17.8. The van der Waals surface area contributed by atoms with Crippen LogP contribution in [0.25, 0.3) is 33.2 Å².